The van der Waals surface area contributed by atoms with Gasteiger partial charge < -0.3 is 4.90 Å². The van der Waals surface area contributed by atoms with E-state index in [0.29, 0.717) is 18.4 Å². The molecule has 1 fully saturated rings. The van der Waals surface area contributed by atoms with Gasteiger partial charge in [0.2, 0.25) is 5.91 Å². The average molecular weight is 217 g/mol. The van der Waals surface area contributed by atoms with E-state index in [2.05, 4.69) is 24.0 Å². The van der Waals surface area contributed by atoms with Crippen LogP contribution in [0.2, 0.25) is 0 Å². The summed E-state index contributed by atoms with van der Waals surface area (Å²) in [5, 5.41) is 0. The lowest BCUT2D eigenvalue weighted by Crippen LogP contribution is -2.32. The molecule has 16 heavy (non-hydrogen) atoms. The van der Waals surface area contributed by atoms with E-state index in [-0.39, 0.29) is 0 Å². The zero-order chi connectivity index (χ0) is 11.4. The van der Waals surface area contributed by atoms with Crippen molar-refractivity contribution < 1.29 is 4.79 Å². The highest BCUT2D eigenvalue weighted by Crippen LogP contribution is 2.29. The lowest BCUT2D eigenvalue weighted by atomic mass is 10.2. The Hall–Kier alpha value is -1.31. The lowest BCUT2D eigenvalue weighted by Gasteiger charge is -2.22. The van der Waals surface area contributed by atoms with Crippen LogP contribution >= 0.6 is 0 Å². The number of hydrogen-bond acceptors (Lipinski definition) is 1. The van der Waals surface area contributed by atoms with Gasteiger partial charge in [-0.1, -0.05) is 37.3 Å². The molecular weight excluding hydrogens is 198 g/mol. The van der Waals surface area contributed by atoms with Gasteiger partial charge in [0.1, 0.15) is 0 Å². The van der Waals surface area contributed by atoms with Crippen molar-refractivity contribution in [1.82, 2.24) is 4.90 Å². The first-order valence-electron chi connectivity index (χ1n) is 6.14. The van der Waals surface area contributed by atoms with Gasteiger partial charge in [-0.2, -0.15) is 0 Å². The fourth-order valence-electron chi connectivity index (χ4n) is 1.94. The molecule has 1 amide bonds. The number of hydrogen-bond donors (Lipinski definition) is 0. The van der Waals surface area contributed by atoms with Crippen molar-refractivity contribution in [2.45, 2.75) is 45.2 Å². The van der Waals surface area contributed by atoms with Crippen LogP contribution in [0.4, 0.5) is 0 Å². The Labute approximate surface area is 97.3 Å². The molecule has 1 aromatic rings. The Morgan fingerprint density at radius 2 is 2.00 bits per heavy atom. The molecule has 0 N–H and O–H groups in total. The van der Waals surface area contributed by atoms with E-state index in [0.717, 1.165) is 13.0 Å². The zero-order valence-electron chi connectivity index (χ0n) is 9.86. The van der Waals surface area contributed by atoms with Crippen molar-refractivity contribution in [2.75, 3.05) is 0 Å². The van der Waals surface area contributed by atoms with Crippen molar-refractivity contribution >= 4 is 5.91 Å². The van der Waals surface area contributed by atoms with E-state index in [9.17, 15) is 4.79 Å². The molecule has 86 valence electrons. The van der Waals surface area contributed by atoms with Gasteiger partial charge in [0, 0.05) is 19.0 Å². The van der Waals surface area contributed by atoms with Crippen LogP contribution in [0.1, 0.15) is 38.2 Å². The maximum absolute atomic E-state index is 12.0. The normalized spacial score (nSPS) is 14.8. The van der Waals surface area contributed by atoms with Gasteiger partial charge in [0.15, 0.2) is 0 Å². The summed E-state index contributed by atoms with van der Waals surface area (Å²) in [7, 11) is 0. The Morgan fingerprint density at radius 3 is 2.56 bits per heavy atom. The van der Waals surface area contributed by atoms with Gasteiger partial charge in [-0.05, 0) is 24.8 Å². The molecule has 0 aromatic heterocycles. The Morgan fingerprint density at radius 1 is 1.31 bits per heavy atom. The number of rotatable bonds is 5. The maximum atomic E-state index is 12.0. The first-order chi connectivity index (χ1) is 7.81. The number of carbonyl (C=O) groups is 1. The highest BCUT2D eigenvalue weighted by atomic mass is 16.2. The van der Waals surface area contributed by atoms with Crippen molar-refractivity contribution in [3.63, 3.8) is 0 Å². The minimum absolute atomic E-state index is 0.314. The number of amides is 1. The first kappa shape index (κ1) is 11.2. The molecule has 1 aromatic carbocycles. The molecule has 0 radical (unpaired) electrons. The maximum Gasteiger partial charge on any atom is 0.223 e. The summed E-state index contributed by atoms with van der Waals surface area (Å²) >= 11 is 0. The molecule has 0 aliphatic heterocycles. The lowest BCUT2D eigenvalue weighted by molar-refractivity contribution is -0.132. The molecule has 1 saturated carbocycles. The predicted octanol–water partition coefficient (Wildman–Crippen LogP) is 2.98. The Kier molecular flexibility index (Phi) is 3.60. The van der Waals surface area contributed by atoms with Crippen LogP contribution in [-0.2, 0) is 11.3 Å². The van der Waals surface area contributed by atoms with E-state index in [1.54, 1.807) is 0 Å². The molecule has 0 unspecified atom stereocenters. The van der Waals surface area contributed by atoms with Crippen LogP contribution in [0.5, 0.6) is 0 Å². The van der Waals surface area contributed by atoms with Gasteiger partial charge >= 0.3 is 0 Å². The molecule has 2 heteroatoms. The summed E-state index contributed by atoms with van der Waals surface area (Å²) < 4.78 is 0. The third-order valence-corrected chi connectivity index (χ3v) is 2.97. The highest BCUT2D eigenvalue weighted by molar-refractivity contribution is 5.76. The standard InChI is InChI=1S/C14H19NO/c1-2-6-14(16)15(13-9-10-13)11-12-7-4-3-5-8-12/h3-5,7-8,13H,2,6,9-11H2,1H3. The number of carbonyl (C=O) groups excluding carboxylic acids is 1. The molecule has 2 nitrogen and oxygen atoms in total. The second-order valence-corrected chi connectivity index (χ2v) is 4.49. The number of benzene rings is 1. The fourth-order valence-corrected chi connectivity index (χ4v) is 1.94. The van der Waals surface area contributed by atoms with Gasteiger partial charge in [-0.15, -0.1) is 0 Å². The predicted molar refractivity (Wildman–Crippen MR) is 64.9 cm³/mol. The summed E-state index contributed by atoms with van der Waals surface area (Å²) in [6.45, 7) is 2.84. The van der Waals surface area contributed by atoms with Crippen LogP contribution in [0, 0.1) is 0 Å². The molecule has 0 spiro atoms. The van der Waals surface area contributed by atoms with E-state index in [1.165, 1.54) is 18.4 Å². The van der Waals surface area contributed by atoms with Gasteiger partial charge in [0.25, 0.3) is 0 Å². The van der Waals surface area contributed by atoms with Crippen molar-refractivity contribution in [3.8, 4) is 0 Å². The summed E-state index contributed by atoms with van der Waals surface area (Å²) in [5.74, 6) is 0.314. The monoisotopic (exact) mass is 217 g/mol. The van der Waals surface area contributed by atoms with Crippen LogP contribution in [0.15, 0.2) is 30.3 Å². The Balaban J connectivity index is 2.00. The highest BCUT2D eigenvalue weighted by Gasteiger charge is 2.31. The molecule has 2 rings (SSSR count). The van der Waals surface area contributed by atoms with Gasteiger partial charge in [0.05, 0.1) is 0 Å². The van der Waals surface area contributed by atoms with E-state index in [4.69, 9.17) is 0 Å². The van der Waals surface area contributed by atoms with E-state index >= 15 is 0 Å². The molecule has 0 heterocycles. The van der Waals surface area contributed by atoms with Gasteiger partial charge in [-0.25, -0.2) is 0 Å². The number of nitrogens with zero attached hydrogens (tertiary/aromatic N) is 1. The molecular formula is C14H19NO. The summed E-state index contributed by atoms with van der Waals surface area (Å²) in [6.07, 6.45) is 3.99. The summed E-state index contributed by atoms with van der Waals surface area (Å²) in [4.78, 5) is 14.0. The summed E-state index contributed by atoms with van der Waals surface area (Å²) in [5.41, 5.74) is 1.24. The SMILES string of the molecule is CCCC(=O)N(Cc1ccccc1)C1CC1. The second-order valence-electron chi connectivity index (χ2n) is 4.49. The third-order valence-electron chi connectivity index (χ3n) is 2.97. The molecule has 0 saturated heterocycles. The minimum Gasteiger partial charge on any atom is -0.335 e. The quantitative estimate of drug-likeness (QED) is 0.742. The van der Waals surface area contributed by atoms with Crippen molar-refractivity contribution in [2.24, 2.45) is 0 Å². The first-order valence-corrected chi connectivity index (χ1v) is 6.14. The molecule has 1 aliphatic rings. The van der Waals surface area contributed by atoms with Crippen LogP contribution in [-0.4, -0.2) is 16.8 Å². The Bertz CT molecular complexity index is 343. The zero-order valence-corrected chi connectivity index (χ0v) is 9.86. The average Bonchev–Trinajstić information content (AvgIpc) is 3.11. The third kappa shape index (κ3) is 2.84. The smallest absolute Gasteiger partial charge is 0.223 e. The molecule has 0 bridgehead atoms. The van der Waals surface area contributed by atoms with Crippen molar-refractivity contribution in [1.29, 1.82) is 0 Å². The van der Waals surface area contributed by atoms with E-state index < -0.39 is 0 Å². The topological polar surface area (TPSA) is 20.3 Å². The van der Waals surface area contributed by atoms with Crippen molar-refractivity contribution in [3.05, 3.63) is 35.9 Å². The second kappa shape index (κ2) is 5.15. The fraction of sp³-hybridized carbons (Fsp3) is 0.500. The minimum atomic E-state index is 0.314. The molecule has 1 aliphatic carbocycles. The molecule has 0 atom stereocenters. The van der Waals surface area contributed by atoms with E-state index in [1.807, 2.05) is 18.2 Å². The van der Waals surface area contributed by atoms with Gasteiger partial charge in [-0.3, -0.25) is 4.79 Å². The largest absolute Gasteiger partial charge is 0.335 e. The van der Waals surface area contributed by atoms with Crippen LogP contribution in [0.3, 0.4) is 0 Å². The van der Waals surface area contributed by atoms with Crippen LogP contribution < -0.4 is 0 Å². The summed E-state index contributed by atoms with van der Waals surface area (Å²) in [6, 6.07) is 10.8. The van der Waals surface area contributed by atoms with Crippen LogP contribution in [0.25, 0.3) is 0 Å².